The molecular weight excluding hydrogens is 498 g/mol. The number of fused-ring (bicyclic) bond motifs is 1. The Morgan fingerprint density at radius 1 is 1.05 bits per heavy atom. The highest BCUT2D eigenvalue weighted by Crippen LogP contribution is 2.28. The number of ether oxygens (including phenoxy) is 3. The van der Waals surface area contributed by atoms with Crippen LogP contribution < -0.4 is 4.74 Å². The minimum atomic E-state index is -0.997. The highest BCUT2D eigenvalue weighted by atomic mass is 35.5. The van der Waals surface area contributed by atoms with E-state index >= 15 is 0 Å². The van der Waals surface area contributed by atoms with Crippen LogP contribution in [0, 0.1) is 6.92 Å². The maximum absolute atomic E-state index is 13.4. The van der Waals surface area contributed by atoms with Crippen molar-refractivity contribution < 1.29 is 28.3 Å². The molecule has 0 spiro atoms. The number of benzene rings is 2. The highest BCUT2D eigenvalue weighted by Gasteiger charge is 2.42. The molecule has 2 aromatic carbocycles. The monoisotopic (exact) mass is 527 g/mol. The van der Waals surface area contributed by atoms with Gasteiger partial charge in [-0.1, -0.05) is 28.9 Å². The molecule has 2 aliphatic rings. The van der Waals surface area contributed by atoms with Crippen LogP contribution in [-0.2, 0) is 25.5 Å². The van der Waals surface area contributed by atoms with Crippen molar-refractivity contribution in [2.24, 2.45) is 0 Å². The number of halogens is 1. The molecule has 2 amide bonds. The van der Waals surface area contributed by atoms with Crippen molar-refractivity contribution >= 4 is 34.4 Å². The van der Waals surface area contributed by atoms with E-state index in [1.807, 2.05) is 37.3 Å². The molecule has 2 saturated heterocycles. The van der Waals surface area contributed by atoms with E-state index in [1.165, 1.54) is 0 Å². The number of para-hydroxylation sites is 1. The van der Waals surface area contributed by atoms with Gasteiger partial charge in [0, 0.05) is 30.0 Å². The zero-order valence-electron chi connectivity index (χ0n) is 20.8. The van der Waals surface area contributed by atoms with E-state index in [0.717, 1.165) is 10.9 Å². The molecule has 37 heavy (non-hydrogen) atoms. The Hall–Kier alpha value is -3.14. The molecule has 5 rings (SSSR count). The zero-order chi connectivity index (χ0) is 25.8. The van der Waals surface area contributed by atoms with Crippen LogP contribution in [0.3, 0.4) is 0 Å². The topological polar surface area (TPSA) is 94.3 Å². The molecule has 0 radical (unpaired) electrons. The molecule has 3 aromatic rings. The summed E-state index contributed by atoms with van der Waals surface area (Å²) in [6.45, 7) is 5.05. The SMILES string of the molecule is Cc1cc(OCC2(CC(=O)N3CCOCC3)CN(C(=O)Cc3noc4ccccc34)CCO2)ccc1Cl. The van der Waals surface area contributed by atoms with E-state index in [2.05, 4.69) is 5.16 Å². The highest BCUT2D eigenvalue weighted by molar-refractivity contribution is 6.31. The van der Waals surface area contributed by atoms with Crippen LogP contribution in [0.2, 0.25) is 5.02 Å². The smallest absolute Gasteiger partial charge is 0.228 e. The minimum absolute atomic E-state index is 0.0454. The van der Waals surface area contributed by atoms with Gasteiger partial charge in [0.15, 0.2) is 5.58 Å². The Morgan fingerprint density at radius 3 is 2.65 bits per heavy atom. The molecule has 0 bridgehead atoms. The number of rotatable bonds is 7. The largest absolute Gasteiger partial charge is 0.490 e. The number of aryl methyl sites for hydroxylation is 1. The predicted molar refractivity (Wildman–Crippen MR) is 137 cm³/mol. The van der Waals surface area contributed by atoms with Crippen LogP contribution in [0.5, 0.6) is 5.75 Å². The molecule has 10 heteroatoms. The first kappa shape index (κ1) is 25.5. The fourth-order valence-corrected chi connectivity index (χ4v) is 4.86. The molecule has 0 aliphatic carbocycles. The summed E-state index contributed by atoms with van der Waals surface area (Å²) in [7, 11) is 0. The van der Waals surface area contributed by atoms with Gasteiger partial charge in [0.1, 0.15) is 23.7 Å². The second kappa shape index (κ2) is 11.1. The lowest BCUT2D eigenvalue weighted by atomic mass is 9.96. The Balaban J connectivity index is 1.33. The van der Waals surface area contributed by atoms with Crippen molar-refractivity contribution in [1.82, 2.24) is 15.0 Å². The zero-order valence-corrected chi connectivity index (χ0v) is 21.5. The van der Waals surface area contributed by atoms with E-state index in [0.29, 0.717) is 61.5 Å². The normalized spacial score (nSPS) is 20.3. The maximum Gasteiger partial charge on any atom is 0.228 e. The van der Waals surface area contributed by atoms with E-state index in [9.17, 15) is 9.59 Å². The average Bonchev–Trinajstić information content (AvgIpc) is 3.32. The Kier molecular flexibility index (Phi) is 7.64. The Morgan fingerprint density at radius 2 is 1.84 bits per heavy atom. The first-order valence-electron chi connectivity index (χ1n) is 12.4. The summed E-state index contributed by atoms with van der Waals surface area (Å²) in [6, 6.07) is 12.9. The van der Waals surface area contributed by atoms with Gasteiger partial charge in [-0.05, 0) is 42.8 Å². The van der Waals surface area contributed by atoms with Gasteiger partial charge in [-0.25, -0.2) is 0 Å². The quantitative estimate of drug-likeness (QED) is 0.465. The second-order valence-corrected chi connectivity index (χ2v) is 9.93. The second-order valence-electron chi connectivity index (χ2n) is 9.52. The van der Waals surface area contributed by atoms with E-state index in [1.54, 1.807) is 21.9 Å². The van der Waals surface area contributed by atoms with Crippen molar-refractivity contribution in [3.05, 3.63) is 58.7 Å². The van der Waals surface area contributed by atoms with Gasteiger partial charge in [-0.15, -0.1) is 0 Å². The summed E-state index contributed by atoms with van der Waals surface area (Å²) < 4.78 is 23.1. The third kappa shape index (κ3) is 5.89. The van der Waals surface area contributed by atoms with Crippen LogP contribution in [0.25, 0.3) is 11.0 Å². The molecule has 0 saturated carbocycles. The van der Waals surface area contributed by atoms with Crippen molar-refractivity contribution in [2.75, 3.05) is 52.6 Å². The van der Waals surface area contributed by atoms with Gasteiger partial charge in [-0.3, -0.25) is 9.59 Å². The minimum Gasteiger partial charge on any atom is -0.490 e. The van der Waals surface area contributed by atoms with E-state index in [-0.39, 0.29) is 37.8 Å². The van der Waals surface area contributed by atoms with Crippen LogP contribution >= 0.6 is 11.6 Å². The lowest BCUT2D eigenvalue weighted by Crippen LogP contribution is -2.59. The molecule has 0 N–H and O–H groups in total. The molecular formula is C27H30ClN3O6. The summed E-state index contributed by atoms with van der Waals surface area (Å²) in [6.07, 6.45) is 0.192. The van der Waals surface area contributed by atoms with Crippen molar-refractivity contribution in [1.29, 1.82) is 0 Å². The molecule has 1 unspecified atom stereocenters. The molecule has 1 atom stereocenters. The van der Waals surface area contributed by atoms with Gasteiger partial charge in [0.05, 0.1) is 39.2 Å². The molecule has 3 heterocycles. The third-order valence-electron chi connectivity index (χ3n) is 6.84. The number of carbonyl (C=O) groups is 2. The number of aromatic nitrogens is 1. The standard InChI is InChI=1S/C27H30ClN3O6/c1-19-14-20(6-7-22(19)28)35-18-27(16-26(33)30-8-11-34-12-9-30)17-31(10-13-36-27)25(32)15-23-21-4-2-3-5-24(21)37-29-23/h2-7,14H,8-13,15-18H2,1H3. The fourth-order valence-electron chi connectivity index (χ4n) is 4.75. The van der Waals surface area contributed by atoms with E-state index < -0.39 is 5.60 Å². The Bertz CT molecular complexity index is 1270. The summed E-state index contributed by atoms with van der Waals surface area (Å²) in [5.74, 6) is 0.477. The number of hydrogen-bond acceptors (Lipinski definition) is 7. The van der Waals surface area contributed by atoms with Gasteiger partial charge in [0.2, 0.25) is 11.8 Å². The van der Waals surface area contributed by atoms with Crippen LogP contribution in [0.4, 0.5) is 0 Å². The number of nitrogens with zero attached hydrogens (tertiary/aromatic N) is 3. The van der Waals surface area contributed by atoms with Gasteiger partial charge < -0.3 is 28.5 Å². The lowest BCUT2D eigenvalue weighted by molar-refractivity contribution is -0.167. The summed E-state index contributed by atoms with van der Waals surface area (Å²) >= 11 is 6.16. The van der Waals surface area contributed by atoms with Gasteiger partial charge in [-0.2, -0.15) is 0 Å². The van der Waals surface area contributed by atoms with Gasteiger partial charge >= 0.3 is 0 Å². The van der Waals surface area contributed by atoms with Crippen LogP contribution in [-0.4, -0.2) is 85.0 Å². The fraction of sp³-hybridized carbons (Fsp3) is 0.444. The van der Waals surface area contributed by atoms with Crippen molar-refractivity contribution in [2.45, 2.75) is 25.4 Å². The third-order valence-corrected chi connectivity index (χ3v) is 7.26. The first-order valence-corrected chi connectivity index (χ1v) is 12.8. The molecule has 2 aliphatic heterocycles. The first-order chi connectivity index (χ1) is 17.9. The van der Waals surface area contributed by atoms with Crippen molar-refractivity contribution in [3.8, 4) is 5.75 Å². The Labute approximate surface area is 220 Å². The lowest BCUT2D eigenvalue weighted by Gasteiger charge is -2.43. The molecule has 196 valence electrons. The van der Waals surface area contributed by atoms with Crippen LogP contribution in [0.1, 0.15) is 17.7 Å². The molecule has 1 aromatic heterocycles. The number of morpholine rings is 2. The molecule has 9 nitrogen and oxygen atoms in total. The van der Waals surface area contributed by atoms with Crippen molar-refractivity contribution in [3.63, 3.8) is 0 Å². The average molecular weight is 528 g/mol. The number of hydrogen-bond donors (Lipinski definition) is 0. The van der Waals surface area contributed by atoms with Crippen LogP contribution in [0.15, 0.2) is 47.0 Å². The van der Waals surface area contributed by atoms with E-state index in [4.69, 9.17) is 30.3 Å². The predicted octanol–water partition coefficient (Wildman–Crippen LogP) is 3.26. The molecule has 2 fully saturated rings. The summed E-state index contributed by atoms with van der Waals surface area (Å²) in [5, 5.41) is 5.57. The maximum atomic E-state index is 13.4. The summed E-state index contributed by atoms with van der Waals surface area (Å²) in [4.78, 5) is 30.1. The van der Waals surface area contributed by atoms with Gasteiger partial charge in [0.25, 0.3) is 0 Å². The summed E-state index contributed by atoms with van der Waals surface area (Å²) in [5.41, 5.74) is 1.13. The number of amides is 2. The number of carbonyl (C=O) groups excluding carboxylic acids is 2.